The number of phenolic OH excluding ortho intramolecular Hbond substituents is 2. The molecule has 3 heteroatoms. The van der Waals surface area contributed by atoms with Crippen molar-refractivity contribution in [3.05, 3.63) is 60.2 Å². The van der Waals surface area contributed by atoms with E-state index in [2.05, 4.69) is 0 Å². The molecule has 0 aromatic heterocycles. The second-order valence-electron chi connectivity index (χ2n) is 3.12. The molecule has 0 aliphatic rings. The van der Waals surface area contributed by atoms with E-state index >= 15 is 0 Å². The lowest BCUT2D eigenvalue weighted by Crippen LogP contribution is -1.68. The lowest BCUT2D eigenvalue weighted by molar-refractivity contribution is 0.471. The van der Waals surface area contributed by atoms with Gasteiger partial charge in [0.05, 0.1) is 0 Å². The van der Waals surface area contributed by atoms with Crippen LogP contribution in [0.15, 0.2) is 54.6 Å². The van der Waals surface area contributed by atoms with E-state index in [1.54, 1.807) is 30.3 Å². The quantitative estimate of drug-likeness (QED) is 0.682. The van der Waals surface area contributed by atoms with Crippen LogP contribution in [-0.2, 0) is 0 Å². The van der Waals surface area contributed by atoms with Gasteiger partial charge in [-0.15, -0.1) is 0 Å². The third kappa shape index (κ3) is 5.45. The second-order valence-corrected chi connectivity index (χ2v) is 3.12. The minimum Gasteiger partial charge on any atom is -0.508 e. The van der Waals surface area contributed by atoms with Gasteiger partial charge in [0.2, 0.25) is 0 Å². The van der Waals surface area contributed by atoms with Gasteiger partial charge in [0, 0.05) is 17.4 Å². The Balaban J connectivity index is 0.000000267. The van der Waals surface area contributed by atoms with Gasteiger partial charge in [-0.05, 0) is 30.7 Å². The standard InChI is InChI=1S/C7H8O.C6H6O.Al/c1-6-4-2-3-5-7(6)8;7-6-4-2-1-3-5-6;/h2-5,8H,1H3;1-5,7H;. The van der Waals surface area contributed by atoms with E-state index in [9.17, 15) is 0 Å². The highest BCUT2D eigenvalue weighted by atomic mass is 27.0. The molecule has 2 N–H and O–H groups in total. The van der Waals surface area contributed by atoms with E-state index in [1.165, 1.54) is 0 Å². The van der Waals surface area contributed by atoms with Crippen LogP contribution in [0.2, 0.25) is 0 Å². The van der Waals surface area contributed by atoms with Crippen molar-refractivity contribution >= 4 is 17.4 Å². The zero-order valence-corrected chi connectivity index (χ0v) is 10.3. The molecule has 0 fully saturated rings. The maximum absolute atomic E-state index is 8.92. The Bertz CT molecular complexity index is 381. The molecule has 0 unspecified atom stereocenters. The Morgan fingerprint density at radius 1 is 0.750 bits per heavy atom. The maximum atomic E-state index is 8.92. The van der Waals surface area contributed by atoms with Gasteiger partial charge < -0.3 is 10.2 Å². The minimum absolute atomic E-state index is 0. The summed E-state index contributed by atoms with van der Waals surface area (Å²) in [6.07, 6.45) is 0. The van der Waals surface area contributed by atoms with E-state index in [-0.39, 0.29) is 17.4 Å². The number of phenols is 2. The number of hydrogen-bond donors (Lipinski definition) is 2. The lowest BCUT2D eigenvalue weighted by atomic mass is 10.2. The summed E-state index contributed by atoms with van der Waals surface area (Å²) in [5.41, 5.74) is 0.924. The van der Waals surface area contributed by atoms with E-state index in [0.717, 1.165) is 5.56 Å². The van der Waals surface area contributed by atoms with Crippen molar-refractivity contribution < 1.29 is 10.2 Å². The van der Waals surface area contributed by atoms with Gasteiger partial charge in [-0.3, -0.25) is 0 Å². The Kier molecular flexibility index (Phi) is 7.11. The van der Waals surface area contributed by atoms with Crippen molar-refractivity contribution in [3.8, 4) is 11.5 Å². The molecule has 0 amide bonds. The summed E-state index contributed by atoms with van der Waals surface area (Å²) in [5, 5.41) is 17.6. The Morgan fingerprint density at radius 3 is 1.56 bits per heavy atom. The number of para-hydroxylation sites is 2. The molecular weight excluding hydrogens is 215 g/mol. The predicted octanol–water partition coefficient (Wildman–Crippen LogP) is 2.71. The highest BCUT2D eigenvalue weighted by molar-refractivity contribution is 5.75. The molecule has 0 aliphatic heterocycles. The molecule has 0 atom stereocenters. The molecule has 0 aliphatic carbocycles. The first kappa shape index (κ1) is 14.6. The molecule has 0 heterocycles. The van der Waals surface area contributed by atoms with Crippen LogP contribution in [0.4, 0.5) is 0 Å². The number of aromatic hydroxyl groups is 2. The highest BCUT2D eigenvalue weighted by Gasteiger charge is 1.87. The van der Waals surface area contributed by atoms with Crippen LogP contribution in [0.3, 0.4) is 0 Å². The third-order valence-electron chi connectivity index (χ3n) is 1.87. The van der Waals surface area contributed by atoms with Crippen molar-refractivity contribution in [2.24, 2.45) is 0 Å². The maximum Gasteiger partial charge on any atom is 0.118 e. The van der Waals surface area contributed by atoms with Crippen molar-refractivity contribution in [1.29, 1.82) is 0 Å². The Morgan fingerprint density at radius 2 is 1.25 bits per heavy atom. The summed E-state index contributed by atoms with van der Waals surface area (Å²) in [4.78, 5) is 0. The van der Waals surface area contributed by atoms with Gasteiger partial charge in [-0.25, -0.2) is 0 Å². The summed E-state index contributed by atoms with van der Waals surface area (Å²) < 4.78 is 0. The van der Waals surface area contributed by atoms with Gasteiger partial charge in [0.25, 0.3) is 0 Å². The normalized spacial score (nSPS) is 8.31. The van der Waals surface area contributed by atoms with Crippen LogP contribution in [0.25, 0.3) is 0 Å². The van der Waals surface area contributed by atoms with Gasteiger partial charge in [0.1, 0.15) is 11.5 Å². The number of aryl methyl sites for hydroxylation is 1. The SMILES string of the molecule is Cc1ccccc1O.Oc1ccccc1.[Al]. The topological polar surface area (TPSA) is 40.5 Å². The predicted molar refractivity (Wildman–Crippen MR) is 66.7 cm³/mol. The van der Waals surface area contributed by atoms with E-state index in [0.29, 0.717) is 11.5 Å². The summed E-state index contributed by atoms with van der Waals surface area (Å²) in [5.74, 6) is 0.690. The first-order valence-electron chi connectivity index (χ1n) is 4.69. The average molecular weight is 229 g/mol. The Hall–Kier alpha value is -1.43. The molecule has 2 nitrogen and oxygen atoms in total. The zero-order valence-electron chi connectivity index (χ0n) is 9.17. The molecule has 2 aromatic rings. The molecule has 2 aromatic carbocycles. The summed E-state index contributed by atoms with van der Waals surface area (Å²) in [7, 11) is 0. The number of rotatable bonds is 0. The molecule has 0 saturated heterocycles. The number of benzene rings is 2. The molecule has 16 heavy (non-hydrogen) atoms. The van der Waals surface area contributed by atoms with Crippen LogP contribution in [0.1, 0.15) is 5.56 Å². The van der Waals surface area contributed by atoms with Crippen molar-refractivity contribution in [2.75, 3.05) is 0 Å². The van der Waals surface area contributed by atoms with Gasteiger partial charge in [0.15, 0.2) is 0 Å². The van der Waals surface area contributed by atoms with Crippen LogP contribution in [-0.4, -0.2) is 27.6 Å². The Labute approximate surface area is 106 Å². The first-order chi connectivity index (χ1) is 7.20. The zero-order chi connectivity index (χ0) is 11.1. The van der Waals surface area contributed by atoms with E-state index < -0.39 is 0 Å². The smallest absolute Gasteiger partial charge is 0.118 e. The van der Waals surface area contributed by atoms with Crippen molar-refractivity contribution in [3.63, 3.8) is 0 Å². The molecule has 0 saturated carbocycles. The summed E-state index contributed by atoms with van der Waals surface area (Å²) in [6, 6.07) is 16.0. The first-order valence-corrected chi connectivity index (χ1v) is 4.69. The average Bonchev–Trinajstić information content (AvgIpc) is 2.25. The van der Waals surface area contributed by atoms with Crippen molar-refractivity contribution in [2.45, 2.75) is 6.92 Å². The molecule has 81 valence electrons. The second kappa shape index (κ2) is 7.81. The lowest BCUT2D eigenvalue weighted by Gasteiger charge is -1.92. The highest BCUT2D eigenvalue weighted by Crippen LogP contribution is 2.12. The summed E-state index contributed by atoms with van der Waals surface area (Å²) >= 11 is 0. The molecule has 3 radical (unpaired) electrons. The van der Waals surface area contributed by atoms with E-state index in [4.69, 9.17) is 10.2 Å². The number of hydrogen-bond acceptors (Lipinski definition) is 2. The van der Waals surface area contributed by atoms with Crippen LogP contribution >= 0.6 is 0 Å². The van der Waals surface area contributed by atoms with Crippen LogP contribution in [0, 0.1) is 6.92 Å². The van der Waals surface area contributed by atoms with Crippen LogP contribution < -0.4 is 0 Å². The summed E-state index contributed by atoms with van der Waals surface area (Å²) in [6.45, 7) is 1.87. The minimum atomic E-state index is 0. The fourth-order valence-electron chi connectivity index (χ4n) is 0.991. The molecule has 0 spiro atoms. The molecular formula is C13H14AlO2. The van der Waals surface area contributed by atoms with Gasteiger partial charge in [-0.2, -0.15) is 0 Å². The molecule has 2 rings (SSSR count). The third-order valence-corrected chi connectivity index (χ3v) is 1.87. The molecule has 0 bridgehead atoms. The van der Waals surface area contributed by atoms with Crippen LogP contribution in [0.5, 0.6) is 11.5 Å². The van der Waals surface area contributed by atoms with Gasteiger partial charge >= 0.3 is 0 Å². The van der Waals surface area contributed by atoms with E-state index in [1.807, 2.05) is 31.2 Å². The largest absolute Gasteiger partial charge is 0.508 e. The van der Waals surface area contributed by atoms with Crippen molar-refractivity contribution in [1.82, 2.24) is 0 Å². The fraction of sp³-hybridized carbons (Fsp3) is 0.0769. The van der Waals surface area contributed by atoms with Gasteiger partial charge in [-0.1, -0.05) is 36.4 Å². The monoisotopic (exact) mass is 229 g/mol. The fourth-order valence-corrected chi connectivity index (χ4v) is 0.991.